The highest BCUT2D eigenvalue weighted by molar-refractivity contribution is 6.11. The Kier molecular flexibility index (Phi) is 5.09. The Morgan fingerprint density at radius 3 is 2.29 bits per heavy atom. The van der Waals surface area contributed by atoms with Crippen LogP contribution >= 0.6 is 0 Å². The lowest BCUT2D eigenvalue weighted by atomic mass is 9.91. The number of amides is 3. The van der Waals surface area contributed by atoms with Crippen LogP contribution in [0.25, 0.3) is 0 Å². The third kappa shape index (κ3) is 3.31. The number of carbonyl (C=O) groups excluding carboxylic acids is 3. The first-order valence-electron chi connectivity index (χ1n) is 8.76. The average molecular weight is 382 g/mol. The molecule has 0 spiro atoms. The molecule has 1 aliphatic rings. The van der Waals surface area contributed by atoms with Crippen molar-refractivity contribution in [3.63, 3.8) is 0 Å². The Morgan fingerprint density at radius 2 is 1.68 bits per heavy atom. The maximum Gasteiger partial charge on any atom is 0.325 e. The molecule has 0 aliphatic carbocycles. The third-order valence-corrected chi connectivity index (χ3v) is 4.91. The molecule has 2 aromatic rings. The van der Waals surface area contributed by atoms with Gasteiger partial charge in [0.25, 0.3) is 5.91 Å². The highest BCUT2D eigenvalue weighted by Crippen LogP contribution is 2.30. The van der Waals surface area contributed by atoms with E-state index < -0.39 is 17.5 Å². The number of nitrogens with one attached hydrogen (secondary N) is 1. The number of benzene rings is 2. The smallest absolute Gasteiger partial charge is 0.325 e. The van der Waals surface area contributed by atoms with E-state index in [-0.39, 0.29) is 12.3 Å². The first kappa shape index (κ1) is 19.4. The molecule has 0 radical (unpaired) electrons. The number of aryl methyl sites for hydroxylation is 1. The fourth-order valence-corrected chi connectivity index (χ4v) is 3.17. The molecule has 0 aromatic heterocycles. The number of imide groups is 1. The molecule has 0 unspecified atom stereocenters. The molecule has 7 heteroatoms. The molecule has 0 bridgehead atoms. The molecule has 0 saturated carbocycles. The number of rotatable bonds is 6. The summed E-state index contributed by atoms with van der Waals surface area (Å²) in [5.41, 5.74) is 0.826. The quantitative estimate of drug-likeness (QED) is 0.613. The van der Waals surface area contributed by atoms with Crippen LogP contribution in [0.4, 0.5) is 4.79 Å². The van der Waals surface area contributed by atoms with Crippen molar-refractivity contribution in [2.45, 2.75) is 19.4 Å². The number of hydrogen-bond donors (Lipinski definition) is 1. The zero-order chi connectivity index (χ0) is 20.5. The standard InChI is InChI=1S/C21H22N2O5/c1-13-5-8-15(9-6-13)21(2)19(25)23(20(26)22-21)12-16(24)14-7-10-17(27-3)18(11-14)28-4/h5-11H,12H2,1-4H3,(H,22,26)/t21-/m0/s1. The Bertz CT molecular complexity index is 938. The third-order valence-electron chi connectivity index (χ3n) is 4.91. The highest BCUT2D eigenvalue weighted by atomic mass is 16.5. The normalized spacial score (nSPS) is 18.8. The number of ether oxygens (including phenoxy) is 2. The van der Waals surface area contributed by atoms with Gasteiger partial charge < -0.3 is 14.8 Å². The molecule has 3 amide bonds. The molecule has 1 atom stereocenters. The van der Waals surface area contributed by atoms with Crippen LogP contribution in [0.2, 0.25) is 0 Å². The average Bonchev–Trinajstić information content (AvgIpc) is 2.91. The minimum atomic E-state index is -1.21. The number of ketones is 1. The Hall–Kier alpha value is -3.35. The summed E-state index contributed by atoms with van der Waals surface area (Å²) in [7, 11) is 2.97. The first-order chi connectivity index (χ1) is 13.3. The second-order valence-corrected chi connectivity index (χ2v) is 6.81. The summed E-state index contributed by atoms with van der Waals surface area (Å²) in [6.45, 7) is 3.22. The van der Waals surface area contributed by atoms with E-state index in [1.165, 1.54) is 20.3 Å². The van der Waals surface area contributed by atoms with E-state index in [0.717, 1.165) is 10.5 Å². The zero-order valence-corrected chi connectivity index (χ0v) is 16.2. The predicted octanol–water partition coefficient (Wildman–Crippen LogP) is 2.66. The number of hydrogen-bond acceptors (Lipinski definition) is 5. The number of nitrogens with zero attached hydrogens (tertiary/aromatic N) is 1. The summed E-state index contributed by atoms with van der Waals surface area (Å²) in [5, 5.41) is 2.70. The van der Waals surface area contributed by atoms with Crippen LogP contribution in [-0.2, 0) is 10.3 Å². The molecule has 3 rings (SSSR count). The summed E-state index contributed by atoms with van der Waals surface area (Å²) in [6, 6.07) is 11.4. The van der Waals surface area contributed by atoms with Gasteiger partial charge >= 0.3 is 6.03 Å². The van der Waals surface area contributed by atoms with Crippen molar-refractivity contribution in [3.05, 3.63) is 59.2 Å². The fourth-order valence-electron chi connectivity index (χ4n) is 3.17. The monoisotopic (exact) mass is 382 g/mol. The molecule has 2 aromatic carbocycles. The Labute approximate surface area is 163 Å². The molecule has 146 valence electrons. The number of urea groups is 1. The van der Waals surface area contributed by atoms with E-state index in [1.807, 2.05) is 19.1 Å². The van der Waals surface area contributed by atoms with E-state index in [1.54, 1.807) is 31.2 Å². The number of Topliss-reactive ketones (excluding diaryl/α,β-unsaturated/α-hetero) is 1. The van der Waals surface area contributed by atoms with E-state index >= 15 is 0 Å². The number of carbonyl (C=O) groups is 3. The van der Waals surface area contributed by atoms with Gasteiger partial charge in [-0.25, -0.2) is 4.79 Å². The van der Waals surface area contributed by atoms with Gasteiger partial charge in [-0.1, -0.05) is 29.8 Å². The summed E-state index contributed by atoms with van der Waals surface area (Å²) in [5.74, 6) is 0.0452. The van der Waals surface area contributed by atoms with Gasteiger partial charge in [0.1, 0.15) is 5.54 Å². The maximum absolute atomic E-state index is 13.0. The predicted molar refractivity (Wildman–Crippen MR) is 103 cm³/mol. The summed E-state index contributed by atoms with van der Waals surface area (Å²) < 4.78 is 10.4. The van der Waals surface area contributed by atoms with Gasteiger partial charge in [0.2, 0.25) is 0 Å². The van der Waals surface area contributed by atoms with Crippen molar-refractivity contribution in [1.82, 2.24) is 10.2 Å². The first-order valence-corrected chi connectivity index (χ1v) is 8.76. The lowest BCUT2D eigenvalue weighted by molar-refractivity contribution is -0.130. The summed E-state index contributed by atoms with van der Waals surface area (Å²) in [6.07, 6.45) is 0. The van der Waals surface area contributed by atoms with Crippen molar-refractivity contribution < 1.29 is 23.9 Å². The molecule has 1 fully saturated rings. The van der Waals surface area contributed by atoms with Crippen molar-refractivity contribution in [2.75, 3.05) is 20.8 Å². The van der Waals surface area contributed by atoms with Gasteiger partial charge in [0, 0.05) is 5.56 Å². The van der Waals surface area contributed by atoms with Crippen LogP contribution < -0.4 is 14.8 Å². The molecule has 1 N–H and O–H groups in total. The second kappa shape index (κ2) is 7.34. The van der Waals surface area contributed by atoms with Crippen LogP contribution in [0.1, 0.15) is 28.4 Å². The SMILES string of the molecule is COc1ccc(C(=O)CN2C(=O)N[C@@](C)(c3ccc(C)cc3)C2=O)cc1OC. The zero-order valence-electron chi connectivity index (χ0n) is 16.2. The minimum Gasteiger partial charge on any atom is -0.493 e. The van der Waals surface area contributed by atoms with Crippen molar-refractivity contribution in [3.8, 4) is 11.5 Å². The van der Waals surface area contributed by atoms with Crippen LogP contribution in [0, 0.1) is 6.92 Å². The van der Waals surface area contributed by atoms with E-state index in [2.05, 4.69) is 5.32 Å². The van der Waals surface area contributed by atoms with Gasteiger partial charge in [-0.15, -0.1) is 0 Å². The van der Waals surface area contributed by atoms with Gasteiger partial charge in [-0.3, -0.25) is 14.5 Å². The Morgan fingerprint density at radius 1 is 1.04 bits per heavy atom. The van der Waals surface area contributed by atoms with Crippen molar-refractivity contribution in [1.29, 1.82) is 0 Å². The summed E-state index contributed by atoms with van der Waals surface area (Å²) in [4.78, 5) is 39.0. The van der Waals surface area contributed by atoms with E-state index in [4.69, 9.17) is 9.47 Å². The molecule has 1 heterocycles. The second-order valence-electron chi connectivity index (χ2n) is 6.81. The van der Waals surface area contributed by atoms with Gasteiger partial charge in [0.15, 0.2) is 17.3 Å². The highest BCUT2D eigenvalue weighted by Gasteiger charge is 2.49. The van der Waals surface area contributed by atoms with E-state index in [0.29, 0.717) is 22.6 Å². The van der Waals surface area contributed by atoms with Crippen LogP contribution in [-0.4, -0.2) is 43.4 Å². The lowest BCUT2D eigenvalue weighted by Crippen LogP contribution is -2.41. The van der Waals surface area contributed by atoms with Crippen LogP contribution in [0.15, 0.2) is 42.5 Å². The molecular formula is C21H22N2O5. The van der Waals surface area contributed by atoms with Gasteiger partial charge in [-0.2, -0.15) is 0 Å². The van der Waals surface area contributed by atoms with Crippen molar-refractivity contribution >= 4 is 17.7 Å². The lowest BCUT2D eigenvalue weighted by Gasteiger charge is -2.22. The topological polar surface area (TPSA) is 84.9 Å². The molecule has 1 saturated heterocycles. The van der Waals surface area contributed by atoms with Gasteiger partial charge in [-0.05, 0) is 37.6 Å². The molecule has 1 aliphatic heterocycles. The minimum absolute atomic E-state index is 0.321. The van der Waals surface area contributed by atoms with E-state index in [9.17, 15) is 14.4 Å². The molecule has 7 nitrogen and oxygen atoms in total. The Balaban J connectivity index is 1.83. The van der Waals surface area contributed by atoms with Crippen LogP contribution in [0.5, 0.6) is 11.5 Å². The van der Waals surface area contributed by atoms with Gasteiger partial charge in [0.05, 0.1) is 20.8 Å². The molecular weight excluding hydrogens is 360 g/mol. The largest absolute Gasteiger partial charge is 0.493 e. The number of methoxy groups -OCH3 is 2. The maximum atomic E-state index is 13.0. The molecule has 28 heavy (non-hydrogen) atoms. The van der Waals surface area contributed by atoms with Crippen molar-refractivity contribution in [2.24, 2.45) is 0 Å². The fraction of sp³-hybridized carbons (Fsp3) is 0.286. The summed E-state index contributed by atoms with van der Waals surface area (Å²) >= 11 is 0. The van der Waals surface area contributed by atoms with Crippen LogP contribution in [0.3, 0.4) is 0 Å².